The third-order valence-corrected chi connectivity index (χ3v) is 3.10. The first-order valence-electron chi connectivity index (χ1n) is 5.87. The highest BCUT2D eigenvalue weighted by atomic mass is 16.2. The van der Waals surface area contributed by atoms with E-state index in [9.17, 15) is 9.59 Å². The number of carbonyl (C=O) groups excluding carboxylic acids is 2. The van der Waals surface area contributed by atoms with Gasteiger partial charge in [0, 0.05) is 12.0 Å². The van der Waals surface area contributed by atoms with Crippen molar-refractivity contribution in [2.24, 2.45) is 5.92 Å². The number of hydrogen-bond donors (Lipinski definition) is 0. The molecule has 3 nitrogen and oxygen atoms in total. The zero-order chi connectivity index (χ0) is 12.5. The van der Waals surface area contributed by atoms with E-state index in [1.165, 1.54) is 6.08 Å². The molecule has 3 heteroatoms. The molecule has 90 valence electrons. The summed E-state index contributed by atoms with van der Waals surface area (Å²) in [5.41, 5.74) is -0.534. The normalized spacial score (nSPS) is 17.4. The smallest absolute Gasteiger partial charge is 0.247 e. The fourth-order valence-corrected chi connectivity index (χ4v) is 2.32. The highest BCUT2D eigenvalue weighted by molar-refractivity contribution is 5.99. The van der Waals surface area contributed by atoms with Gasteiger partial charge in [-0.25, -0.2) is 0 Å². The second-order valence-corrected chi connectivity index (χ2v) is 5.06. The van der Waals surface area contributed by atoms with Gasteiger partial charge in [0.25, 0.3) is 0 Å². The summed E-state index contributed by atoms with van der Waals surface area (Å²) in [7, 11) is 0. The van der Waals surface area contributed by atoms with E-state index in [4.69, 9.17) is 0 Å². The van der Waals surface area contributed by atoms with Crippen molar-refractivity contribution >= 4 is 11.7 Å². The van der Waals surface area contributed by atoms with E-state index in [1.807, 2.05) is 27.7 Å². The first kappa shape index (κ1) is 12.9. The second-order valence-electron chi connectivity index (χ2n) is 5.06. The topological polar surface area (TPSA) is 37.4 Å². The van der Waals surface area contributed by atoms with E-state index in [0.29, 0.717) is 0 Å². The summed E-state index contributed by atoms with van der Waals surface area (Å²) in [6.07, 6.45) is 2.89. The lowest BCUT2D eigenvalue weighted by Crippen LogP contribution is -2.51. The van der Waals surface area contributed by atoms with Gasteiger partial charge in [0.05, 0.1) is 0 Å². The van der Waals surface area contributed by atoms with Gasteiger partial charge >= 0.3 is 0 Å². The number of Topliss-reactive ketones (excluding diaryl/α,β-unsaturated/α-hetero) is 1. The predicted octanol–water partition coefficient (Wildman–Crippen LogP) is 2.17. The summed E-state index contributed by atoms with van der Waals surface area (Å²) in [4.78, 5) is 25.7. The van der Waals surface area contributed by atoms with Gasteiger partial charge in [-0.15, -0.1) is 0 Å². The molecule has 0 aromatic rings. The predicted molar refractivity (Wildman–Crippen MR) is 64.0 cm³/mol. The minimum absolute atomic E-state index is 0.0265. The van der Waals surface area contributed by atoms with Crippen LogP contribution in [0.25, 0.3) is 0 Å². The van der Waals surface area contributed by atoms with Gasteiger partial charge in [-0.05, 0) is 32.8 Å². The highest BCUT2D eigenvalue weighted by Gasteiger charge is 2.56. The molecular formula is C13H21NO2. The average Bonchev–Trinajstić information content (AvgIpc) is 2.97. The van der Waals surface area contributed by atoms with Crippen molar-refractivity contribution < 1.29 is 9.59 Å². The van der Waals surface area contributed by atoms with E-state index in [1.54, 1.807) is 4.90 Å². The maximum atomic E-state index is 12.2. The fourth-order valence-electron chi connectivity index (χ4n) is 2.32. The minimum atomic E-state index is -0.534. The molecule has 0 saturated heterocycles. The van der Waals surface area contributed by atoms with Crippen molar-refractivity contribution in [3.63, 3.8) is 0 Å². The third-order valence-electron chi connectivity index (χ3n) is 3.10. The van der Waals surface area contributed by atoms with E-state index in [-0.39, 0.29) is 23.7 Å². The Morgan fingerprint density at radius 1 is 1.25 bits per heavy atom. The van der Waals surface area contributed by atoms with Crippen LogP contribution in [0.3, 0.4) is 0 Å². The Hall–Kier alpha value is -1.12. The van der Waals surface area contributed by atoms with E-state index < -0.39 is 5.54 Å². The number of carbonyl (C=O) groups is 2. The molecule has 0 aromatic carbocycles. The van der Waals surface area contributed by atoms with Crippen LogP contribution in [-0.4, -0.2) is 28.2 Å². The van der Waals surface area contributed by atoms with Gasteiger partial charge in [-0.1, -0.05) is 20.4 Å². The Balaban J connectivity index is 2.99. The molecule has 0 heterocycles. The molecule has 1 saturated carbocycles. The zero-order valence-electron chi connectivity index (χ0n) is 10.6. The fraction of sp³-hybridized carbons (Fsp3) is 0.692. The maximum Gasteiger partial charge on any atom is 0.247 e. The van der Waals surface area contributed by atoms with Crippen LogP contribution in [-0.2, 0) is 9.59 Å². The Bertz CT molecular complexity index is 314. The van der Waals surface area contributed by atoms with Gasteiger partial charge in [-0.2, -0.15) is 0 Å². The van der Waals surface area contributed by atoms with Gasteiger partial charge in [0.2, 0.25) is 5.91 Å². The molecule has 0 radical (unpaired) electrons. The van der Waals surface area contributed by atoms with Gasteiger partial charge in [0.1, 0.15) is 5.54 Å². The third kappa shape index (κ3) is 2.04. The van der Waals surface area contributed by atoms with Crippen LogP contribution >= 0.6 is 0 Å². The largest absolute Gasteiger partial charge is 0.324 e. The number of hydrogen-bond acceptors (Lipinski definition) is 2. The summed E-state index contributed by atoms with van der Waals surface area (Å²) in [6.45, 7) is 11.2. The number of amides is 1. The molecule has 0 unspecified atom stereocenters. The van der Waals surface area contributed by atoms with Gasteiger partial charge in [-0.3, -0.25) is 9.59 Å². The minimum Gasteiger partial charge on any atom is -0.324 e. The maximum absolute atomic E-state index is 12.2. The van der Waals surface area contributed by atoms with Crippen molar-refractivity contribution in [2.75, 3.05) is 0 Å². The van der Waals surface area contributed by atoms with Crippen LogP contribution in [0, 0.1) is 5.92 Å². The summed E-state index contributed by atoms with van der Waals surface area (Å²) in [5, 5.41) is 0. The van der Waals surface area contributed by atoms with Crippen LogP contribution in [0.5, 0.6) is 0 Å². The Morgan fingerprint density at radius 3 is 2.00 bits per heavy atom. The first-order valence-corrected chi connectivity index (χ1v) is 5.87. The molecule has 0 aliphatic heterocycles. The molecule has 1 aliphatic rings. The van der Waals surface area contributed by atoms with Crippen LogP contribution in [0.2, 0.25) is 0 Å². The summed E-state index contributed by atoms with van der Waals surface area (Å²) >= 11 is 0. The lowest BCUT2D eigenvalue weighted by molar-refractivity contribution is -0.141. The summed E-state index contributed by atoms with van der Waals surface area (Å²) in [6, 6.07) is 0.0377. The molecule has 0 N–H and O–H groups in total. The molecule has 1 amide bonds. The van der Waals surface area contributed by atoms with E-state index in [2.05, 4.69) is 6.58 Å². The summed E-state index contributed by atoms with van der Waals surface area (Å²) in [5.74, 6) is 0.0132. The van der Waals surface area contributed by atoms with Gasteiger partial charge in [0.15, 0.2) is 5.78 Å². The molecule has 0 spiro atoms. The number of ketones is 1. The van der Waals surface area contributed by atoms with Crippen LogP contribution < -0.4 is 0 Å². The molecule has 0 atom stereocenters. The van der Waals surface area contributed by atoms with Crippen LogP contribution in [0.15, 0.2) is 12.7 Å². The van der Waals surface area contributed by atoms with Crippen molar-refractivity contribution in [2.45, 2.75) is 52.1 Å². The van der Waals surface area contributed by atoms with Crippen molar-refractivity contribution in [3.8, 4) is 0 Å². The molecule has 1 fully saturated rings. The molecule has 0 aromatic heterocycles. The van der Waals surface area contributed by atoms with Crippen molar-refractivity contribution in [1.82, 2.24) is 4.90 Å². The zero-order valence-corrected chi connectivity index (χ0v) is 10.6. The highest BCUT2D eigenvalue weighted by Crippen LogP contribution is 2.45. The molecule has 0 bridgehead atoms. The Kier molecular flexibility index (Phi) is 3.56. The van der Waals surface area contributed by atoms with E-state index >= 15 is 0 Å². The van der Waals surface area contributed by atoms with E-state index in [0.717, 1.165) is 12.8 Å². The quantitative estimate of drug-likeness (QED) is 0.670. The standard InChI is InChI=1S/C13H21NO2/c1-6-11(15)14(10(4)5)13(7-8-13)12(16)9(2)3/h6,9-10H,1,7-8H2,2-5H3. The molecule has 1 rings (SSSR count). The van der Waals surface area contributed by atoms with Crippen molar-refractivity contribution in [1.29, 1.82) is 0 Å². The molecule has 16 heavy (non-hydrogen) atoms. The lowest BCUT2D eigenvalue weighted by atomic mass is 9.97. The van der Waals surface area contributed by atoms with Crippen LogP contribution in [0.4, 0.5) is 0 Å². The lowest BCUT2D eigenvalue weighted by Gasteiger charge is -2.34. The SMILES string of the molecule is C=CC(=O)N(C(C)C)C1(C(=O)C(C)C)CC1. The number of rotatable bonds is 5. The average molecular weight is 223 g/mol. The molecule has 1 aliphatic carbocycles. The monoisotopic (exact) mass is 223 g/mol. The Labute approximate surface area is 97.5 Å². The van der Waals surface area contributed by atoms with Crippen molar-refractivity contribution in [3.05, 3.63) is 12.7 Å². The molecular weight excluding hydrogens is 202 g/mol. The van der Waals surface area contributed by atoms with Gasteiger partial charge < -0.3 is 4.90 Å². The van der Waals surface area contributed by atoms with Crippen LogP contribution in [0.1, 0.15) is 40.5 Å². The summed E-state index contributed by atoms with van der Waals surface area (Å²) < 4.78 is 0. The Morgan fingerprint density at radius 2 is 1.75 bits per heavy atom. The second kappa shape index (κ2) is 4.40. The first-order chi connectivity index (χ1) is 7.36. The number of nitrogens with zero attached hydrogens (tertiary/aromatic N) is 1.